The predicted octanol–water partition coefficient (Wildman–Crippen LogP) is 6.55. The second-order valence-corrected chi connectivity index (χ2v) is 9.61. The highest BCUT2D eigenvalue weighted by Crippen LogP contribution is 2.37. The number of carbonyl (C=O) groups is 1. The van der Waals surface area contributed by atoms with E-state index < -0.39 is 0 Å². The number of amides is 1. The van der Waals surface area contributed by atoms with Crippen molar-refractivity contribution >= 4 is 22.6 Å². The van der Waals surface area contributed by atoms with Gasteiger partial charge in [0.2, 0.25) is 5.91 Å². The first-order valence-corrected chi connectivity index (χ1v) is 13.3. The Kier molecular flexibility index (Phi) is 7.45. The quantitative estimate of drug-likeness (QED) is 0.249. The fourth-order valence-electron chi connectivity index (χ4n) is 5.20. The Labute approximate surface area is 218 Å². The first-order chi connectivity index (χ1) is 18.1. The van der Waals surface area contributed by atoms with E-state index in [2.05, 4.69) is 42.7 Å². The average Bonchev–Trinajstić information content (AvgIpc) is 3.49. The summed E-state index contributed by atoms with van der Waals surface area (Å²) in [6.07, 6.45) is 1.48. The van der Waals surface area contributed by atoms with E-state index in [9.17, 15) is 4.79 Å². The van der Waals surface area contributed by atoms with Crippen LogP contribution in [-0.4, -0.2) is 35.2 Å². The minimum Gasteiger partial charge on any atom is -0.492 e. The molecule has 0 bridgehead atoms. The molecule has 0 spiro atoms. The molecule has 0 N–H and O–H groups in total. The summed E-state index contributed by atoms with van der Waals surface area (Å²) in [4.78, 5) is 20.0. The van der Waals surface area contributed by atoms with Gasteiger partial charge in [-0.15, -0.1) is 0 Å². The van der Waals surface area contributed by atoms with Gasteiger partial charge in [0, 0.05) is 18.9 Å². The smallest absolute Gasteiger partial charge is 0.227 e. The molecule has 0 aliphatic carbocycles. The topological polar surface area (TPSA) is 56.6 Å². The molecule has 37 heavy (non-hydrogen) atoms. The molecule has 4 aromatic rings. The Hall–Kier alpha value is -3.80. The first-order valence-electron chi connectivity index (χ1n) is 13.3. The number of hydrogen-bond donors (Lipinski definition) is 0. The summed E-state index contributed by atoms with van der Waals surface area (Å²) in [5.41, 5.74) is 4.07. The van der Waals surface area contributed by atoms with Gasteiger partial charge in [0.1, 0.15) is 23.9 Å². The van der Waals surface area contributed by atoms with Crippen LogP contribution in [0.15, 0.2) is 72.8 Å². The molecule has 0 radical (unpaired) electrons. The summed E-state index contributed by atoms with van der Waals surface area (Å²) in [5.74, 6) is 3.13. The van der Waals surface area contributed by atoms with Gasteiger partial charge in [0.15, 0.2) is 0 Å². The molecule has 1 amide bonds. The second-order valence-electron chi connectivity index (χ2n) is 9.61. The van der Waals surface area contributed by atoms with E-state index in [1.54, 1.807) is 0 Å². The Balaban J connectivity index is 1.40. The minimum absolute atomic E-state index is 0.0121. The lowest BCUT2D eigenvalue weighted by molar-refractivity contribution is -0.117. The minimum atomic E-state index is -0.0121. The van der Waals surface area contributed by atoms with E-state index in [0.717, 1.165) is 40.5 Å². The van der Waals surface area contributed by atoms with Gasteiger partial charge in [-0.1, -0.05) is 56.3 Å². The number of hydrogen-bond acceptors (Lipinski definition) is 4. The van der Waals surface area contributed by atoms with Crippen molar-refractivity contribution in [2.24, 2.45) is 0 Å². The van der Waals surface area contributed by atoms with E-state index >= 15 is 0 Å². The largest absolute Gasteiger partial charge is 0.492 e. The van der Waals surface area contributed by atoms with Crippen LogP contribution in [0.5, 0.6) is 11.5 Å². The fraction of sp³-hybridized carbons (Fsp3) is 0.355. The van der Waals surface area contributed by atoms with Crippen LogP contribution in [0.1, 0.15) is 56.8 Å². The molecule has 1 aliphatic heterocycles. The van der Waals surface area contributed by atoms with Crippen molar-refractivity contribution in [3.63, 3.8) is 0 Å². The van der Waals surface area contributed by atoms with Crippen LogP contribution < -0.4 is 14.4 Å². The van der Waals surface area contributed by atoms with Gasteiger partial charge in [-0.25, -0.2) is 4.98 Å². The zero-order chi connectivity index (χ0) is 25.8. The third kappa shape index (κ3) is 5.06. The summed E-state index contributed by atoms with van der Waals surface area (Å²) in [7, 11) is 0. The van der Waals surface area contributed by atoms with Crippen molar-refractivity contribution < 1.29 is 14.3 Å². The Morgan fingerprint density at radius 1 is 0.946 bits per heavy atom. The predicted molar refractivity (Wildman–Crippen MR) is 148 cm³/mol. The summed E-state index contributed by atoms with van der Waals surface area (Å²) in [6.45, 7) is 8.70. The van der Waals surface area contributed by atoms with Crippen LogP contribution in [0.4, 0.5) is 5.69 Å². The van der Waals surface area contributed by atoms with Crippen molar-refractivity contribution in [1.82, 2.24) is 9.55 Å². The molecule has 1 aromatic heterocycles. The molecule has 1 fully saturated rings. The lowest BCUT2D eigenvalue weighted by Gasteiger charge is -2.20. The number of benzene rings is 3. The number of para-hydroxylation sites is 5. The van der Waals surface area contributed by atoms with Gasteiger partial charge in [-0.05, 0) is 55.2 Å². The van der Waals surface area contributed by atoms with Crippen molar-refractivity contribution in [2.75, 3.05) is 24.7 Å². The van der Waals surface area contributed by atoms with Crippen LogP contribution in [0.3, 0.4) is 0 Å². The van der Waals surface area contributed by atoms with Crippen LogP contribution in [0.25, 0.3) is 11.0 Å². The lowest BCUT2D eigenvalue weighted by Crippen LogP contribution is -2.25. The van der Waals surface area contributed by atoms with Gasteiger partial charge in [0.25, 0.3) is 0 Å². The van der Waals surface area contributed by atoms with E-state index in [0.29, 0.717) is 38.6 Å². The summed E-state index contributed by atoms with van der Waals surface area (Å²) in [6, 6.07) is 24.2. The van der Waals surface area contributed by atoms with E-state index in [-0.39, 0.29) is 11.8 Å². The van der Waals surface area contributed by atoms with Crippen molar-refractivity contribution in [2.45, 2.75) is 52.0 Å². The molecular weight excluding hydrogens is 462 g/mol. The Bertz CT molecular complexity index is 1380. The SMILES string of the molecule is CCOc1ccccc1N1CC(c2nc3ccccc3n2CCOc2ccccc2C(C)CC)CC1=O. The maximum absolute atomic E-state index is 13.2. The van der Waals surface area contributed by atoms with Crippen molar-refractivity contribution in [3.8, 4) is 11.5 Å². The first kappa shape index (κ1) is 24.9. The van der Waals surface area contributed by atoms with Crippen molar-refractivity contribution in [1.29, 1.82) is 0 Å². The molecule has 192 valence electrons. The van der Waals surface area contributed by atoms with Crippen LogP contribution in [0.2, 0.25) is 0 Å². The zero-order valence-electron chi connectivity index (χ0n) is 21.9. The normalized spacial score (nSPS) is 16.4. The molecule has 2 unspecified atom stereocenters. The standard InChI is InChI=1S/C31H35N3O3/c1-4-22(3)24-12-6-10-16-28(24)37-19-18-33-26-14-8-7-13-25(26)32-31(33)23-20-30(35)34(21-23)27-15-9-11-17-29(27)36-5-2/h6-17,22-23H,4-5,18-21H2,1-3H3. The number of anilines is 1. The van der Waals surface area contributed by atoms with E-state index in [1.165, 1.54) is 5.56 Å². The lowest BCUT2D eigenvalue weighted by atomic mass is 9.98. The molecule has 1 saturated heterocycles. The summed E-state index contributed by atoms with van der Waals surface area (Å²) >= 11 is 0. The maximum atomic E-state index is 13.2. The highest BCUT2D eigenvalue weighted by atomic mass is 16.5. The monoisotopic (exact) mass is 497 g/mol. The maximum Gasteiger partial charge on any atom is 0.227 e. The number of nitrogens with zero attached hydrogens (tertiary/aromatic N) is 3. The fourth-order valence-corrected chi connectivity index (χ4v) is 5.20. The highest BCUT2D eigenvalue weighted by Gasteiger charge is 2.36. The Morgan fingerprint density at radius 3 is 2.49 bits per heavy atom. The van der Waals surface area contributed by atoms with E-state index in [4.69, 9.17) is 14.5 Å². The molecule has 1 aliphatic rings. The Morgan fingerprint density at radius 2 is 1.68 bits per heavy atom. The van der Waals surface area contributed by atoms with E-state index in [1.807, 2.05) is 60.4 Å². The molecule has 6 nitrogen and oxygen atoms in total. The molecule has 3 aromatic carbocycles. The summed E-state index contributed by atoms with van der Waals surface area (Å²) < 4.78 is 14.4. The molecule has 6 heteroatoms. The molecule has 2 heterocycles. The molecule has 2 atom stereocenters. The van der Waals surface area contributed by atoms with Gasteiger partial charge < -0.3 is 18.9 Å². The van der Waals surface area contributed by atoms with Crippen LogP contribution in [-0.2, 0) is 11.3 Å². The van der Waals surface area contributed by atoms with Crippen molar-refractivity contribution in [3.05, 3.63) is 84.2 Å². The zero-order valence-corrected chi connectivity index (χ0v) is 21.9. The number of imidazole rings is 1. The number of ether oxygens (including phenoxy) is 2. The summed E-state index contributed by atoms with van der Waals surface area (Å²) in [5, 5.41) is 0. The third-order valence-electron chi connectivity index (χ3n) is 7.26. The number of aromatic nitrogens is 2. The van der Waals surface area contributed by atoms with Gasteiger partial charge >= 0.3 is 0 Å². The van der Waals surface area contributed by atoms with Crippen LogP contribution >= 0.6 is 0 Å². The average molecular weight is 498 g/mol. The number of carbonyl (C=O) groups excluding carboxylic acids is 1. The van der Waals surface area contributed by atoms with Gasteiger partial charge in [-0.3, -0.25) is 4.79 Å². The molecular formula is C31H35N3O3. The third-order valence-corrected chi connectivity index (χ3v) is 7.26. The van der Waals surface area contributed by atoms with Crippen LogP contribution in [0, 0.1) is 0 Å². The molecule has 0 saturated carbocycles. The molecule has 5 rings (SSSR count). The van der Waals surface area contributed by atoms with Gasteiger partial charge in [-0.2, -0.15) is 0 Å². The second kappa shape index (κ2) is 11.1. The number of fused-ring (bicyclic) bond motifs is 1. The highest BCUT2D eigenvalue weighted by molar-refractivity contribution is 5.97. The van der Waals surface area contributed by atoms with Gasteiger partial charge in [0.05, 0.1) is 29.9 Å². The number of rotatable bonds is 10.